The summed E-state index contributed by atoms with van der Waals surface area (Å²) >= 11 is 0. The lowest BCUT2D eigenvalue weighted by atomic mass is 9.95. The van der Waals surface area contributed by atoms with Crippen LogP contribution in [0, 0.1) is 5.92 Å². The molecule has 1 aromatic carbocycles. The first-order valence-corrected chi connectivity index (χ1v) is 8.55. The fourth-order valence-electron chi connectivity index (χ4n) is 3.54. The van der Waals surface area contributed by atoms with Gasteiger partial charge in [0.2, 0.25) is 5.91 Å². The van der Waals surface area contributed by atoms with Crippen molar-refractivity contribution >= 4 is 5.91 Å². The highest BCUT2D eigenvalue weighted by Gasteiger charge is 2.32. The molecule has 1 atom stereocenters. The van der Waals surface area contributed by atoms with Crippen LogP contribution in [0.15, 0.2) is 24.3 Å². The first-order valence-electron chi connectivity index (χ1n) is 8.55. The zero-order valence-corrected chi connectivity index (χ0v) is 14.1. The van der Waals surface area contributed by atoms with E-state index in [2.05, 4.69) is 28.6 Å². The Morgan fingerprint density at radius 3 is 2.92 bits per heavy atom. The van der Waals surface area contributed by atoms with E-state index in [0.29, 0.717) is 25.6 Å². The van der Waals surface area contributed by atoms with E-state index in [9.17, 15) is 4.79 Å². The van der Waals surface area contributed by atoms with Crippen LogP contribution in [0.1, 0.15) is 37.0 Å². The summed E-state index contributed by atoms with van der Waals surface area (Å²) in [6, 6.07) is 7.96. The van der Waals surface area contributed by atoms with E-state index in [1.165, 1.54) is 0 Å². The van der Waals surface area contributed by atoms with Crippen LogP contribution in [0.3, 0.4) is 0 Å². The van der Waals surface area contributed by atoms with Crippen molar-refractivity contribution in [3.63, 3.8) is 0 Å². The molecule has 0 fully saturated rings. The van der Waals surface area contributed by atoms with Crippen LogP contribution in [-0.4, -0.2) is 38.7 Å². The Labute approximate surface area is 141 Å². The maximum Gasteiger partial charge on any atom is 0.229 e. The van der Waals surface area contributed by atoms with E-state index >= 15 is 0 Å². The van der Waals surface area contributed by atoms with E-state index in [4.69, 9.17) is 4.74 Å². The van der Waals surface area contributed by atoms with Gasteiger partial charge in [0.15, 0.2) is 5.82 Å². The summed E-state index contributed by atoms with van der Waals surface area (Å²) in [7, 11) is 0. The summed E-state index contributed by atoms with van der Waals surface area (Å²) in [6.45, 7) is 6.71. The second kappa shape index (κ2) is 5.92. The predicted molar refractivity (Wildman–Crippen MR) is 88.7 cm³/mol. The van der Waals surface area contributed by atoms with Crippen LogP contribution < -0.4 is 4.74 Å². The van der Waals surface area contributed by atoms with Crippen LogP contribution in [0.4, 0.5) is 0 Å². The van der Waals surface area contributed by atoms with Gasteiger partial charge in [-0.1, -0.05) is 32.0 Å². The number of para-hydroxylation sites is 1. The number of fused-ring (bicyclic) bond motifs is 2. The molecule has 6 nitrogen and oxygen atoms in total. The average molecular weight is 326 g/mol. The van der Waals surface area contributed by atoms with Crippen molar-refractivity contribution in [1.82, 2.24) is 19.7 Å². The number of hydrogen-bond acceptors (Lipinski definition) is 4. The standard InChI is InChI=1S/C18H22N4O2/c1-12(2)17-20-19-16-10-21(7-8-22(16)17)18(23)14-9-13-5-3-4-6-15(13)24-11-14/h3-6,12,14H,7-11H2,1-2H3/t14-/m0/s1. The van der Waals surface area contributed by atoms with E-state index in [0.717, 1.165) is 35.9 Å². The first-order chi connectivity index (χ1) is 11.6. The van der Waals surface area contributed by atoms with Crippen molar-refractivity contribution in [2.24, 2.45) is 5.92 Å². The molecule has 0 bridgehead atoms. The predicted octanol–water partition coefficient (Wildman–Crippen LogP) is 2.00. The van der Waals surface area contributed by atoms with Crippen molar-refractivity contribution < 1.29 is 9.53 Å². The summed E-state index contributed by atoms with van der Waals surface area (Å²) in [4.78, 5) is 14.8. The molecular formula is C18H22N4O2. The van der Waals surface area contributed by atoms with Crippen LogP contribution in [-0.2, 0) is 24.3 Å². The maximum atomic E-state index is 12.9. The Kier molecular flexibility index (Phi) is 3.75. The maximum absolute atomic E-state index is 12.9. The molecule has 0 aliphatic carbocycles. The van der Waals surface area contributed by atoms with Crippen molar-refractivity contribution in [3.05, 3.63) is 41.5 Å². The number of aromatic nitrogens is 3. The van der Waals surface area contributed by atoms with Gasteiger partial charge in [0.1, 0.15) is 18.2 Å². The third-order valence-electron chi connectivity index (χ3n) is 4.84. The summed E-state index contributed by atoms with van der Waals surface area (Å²) in [6.07, 6.45) is 0.745. The van der Waals surface area contributed by atoms with Gasteiger partial charge >= 0.3 is 0 Å². The van der Waals surface area contributed by atoms with E-state index in [1.807, 2.05) is 29.2 Å². The zero-order chi connectivity index (χ0) is 16.7. The Balaban J connectivity index is 1.48. The fourth-order valence-corrected chi connectivity index (χ4v) is 3.54. The lowest BCUT2D eigenvalue weighted by molar-refractivity contribution is -0.138. The molecule has 2 aliphatic heterocycles. The normalized spacial score (nSPS) is 19.6. The lowest BCUT2D eigenvalue weighted by Gasteiger charge is -2.33. The molecule has 1 aromatic heterocycles. The Bertz CT molecular complexity index is 768. The van der Waals surface area contributed by atoms with Crippen molar-refractivity contribution in [3.8, 4) is 5.75 Å². The SMILES string of the molecule is CC(C)c1nnc2n1CCN(C(=O)[C@@H]1COc3ccccc3C1)C2. The molecule has 6 heteroatoms. The minimum absolute atomic E-state index is 0.112. The van der Waals surface area contributed by atoms with E-state index < -0.39 is 0 Å². The monoisotopic (exact) mass is 326 g/mol. The Morgan fingerprint density at radius 1 is 1.25 bits per heavy atom. The fraction of sp³-hybridized carbons (Fsp3) is 0.500. The number of hydrogen-bond donors (Lipinski definition) is 0. The van der Waals surface area contributed by atoms with Crippen LogP contribution >= 0.6 is 0 Å². The Hall–Kier alpha value is -2.37. The minimum atomic E-state index is -0.112. The van der Waals surface area contributed by atoms with E-state index in [-0.39, 0.29) is 11.8 Å². The number of carbonyl (C=O) groups is 1. The number of rotatable bonds is 2. The zero-order valence-electron chi connectivity index (χ0n) is 14.1. The summed E-state index contributed by atoms with van der Waals surface area (Å²) in [5.74, 6) is 3.18. The van der Waals surface area contributed by atoms with Gasteiger partial charge in [0.25, 0.3) is 0 Å². The van der Waals surface area contributed by atoms with Crippen LogP contribution in [0.25, 0.3) is 0 Å². The minimum Gasteiger partial charge on any atom is -0.492 e. The summed E-state index contributed by atoms with van der Waals surface area (Å²) in [5.41, 5.74) is 1.12. The van der Waals surface area contributed by atoms with Crippen LogP contribution in [0.5, 0.6) is 5.75 Å². The molecule has 2 aromatic rings. The lowest BCUT2D eigenvalue weighted by Crippen LogP contribution is -2.44. The highest BCUT2D eigenvalue weighted by molar-refractivity contribution is 5.79. The Morgan fingerprint density at radius 2 is 2.08 bits per heavy atom. The molecule has 0 unspecified atom stereocenters. The highest BCUT2D eigenvalue weighted by atomic mass is 16.5. The molecular weight excluding hydrogens is 304 g/mol. The third kappa shape index (κ3) is 2.56. The van der Waals surface area contributed by atoms with Gasteiger partial charge in [-0.05, 0) is 18.1 Å². The van der Waals surface area contributed by atoms with Gasteiger partial charge in [-0.2, -0.15) is 0 Å². The molecule has 0 saturated heterocycles. The molecule has 0 radical (unpaired) electrons. The number of ether oxygens (including phenoxy) is 1. The van der Waals surface area contributed by atoms with Gasteiger partial charge in [0, 0.05) is 19.0 Å². The van der Waals surface area contributed by atoms with Crippen LogP contribution in [0.2, 0.25) is 0 Å². The third-order valence-corrected chi connectivity index (χ3v) is 4.84. The quantitative estimate of drug-likeness (QED) is 0.847. The smallest absolute Gasteiger partial charge is 0.229 e. The van der Waals surface area contributed by atoms with Crippen molar-refractivity contribution in [1.29, 1.82) is 0 Å². The largest absolute Gasteiger partial charge is 0.492 e. The molecule has 0 N–H and O–H groups in total. The number of benzene rings is 1. The molecule has 3 heterocycles. The first kappa shape index (κ1) is 15.2. The molecule has 1 amide bonds. The van der Waals surface area contributed by atoms with Gasteiger partial charge in [-0.3, -0.25) is 4.79 Å². The number of carbonyl (C=O) groups excluding carboxylic acids is 1. The molecule has 4 rings (SSSR count). The highest BCUT2D eigenvalue weighted by Crippen LogP contribution is 2.28. The van der Waals surface area contributed by atoms with Crippen molar-refractivity contribution in [2.75, 3.05) is 13.2 Å². The topological polar surface area (TPSA) is 60.2 Å². The second-order valence-electron chi connectivity index (χ2n) is 6.86. The van der Waals surface area contributed by atoms with Gasteiger partial charge in [0.05, 0.1) is 12.5 Å². The molecule has 0 saturated carbocycles. The molecule has 0 spiro atoms. The van der Waals surface area contributed by atoms with E-state index in [1.54, 1.807) is 0 Å². The van der Waals surface area contributed by atoms with Crippen molar-refractivity contribution in [2.45, 2.75) is 39.3 Å². The molecule has 126 valence electrons. The molecule has 2 aliphatic rings. The number of nitrogens with zero attached hydrogens (tertiary/aromatic N) is 4. The van der Waals surface area contributed by atoms with Gasteiger partial charge in [-0.15, -0.1) is 10.2 Å². The molecule has 24 heavy (non-hydrogen) atoms. The van der Waals surface area contributed by atoms with Gasteiger partial charge < -0.3 is 14.2 Å². The number of amides is 1. The summed E-state index contributed by atoms with van der Waals surface area (Å²) in [5, 5.41) is 8.56. The summed E-state index contributed by atoms with van der Waals surface area (Å²) < 4.78 is 7.93. The second-order valence-corrected chi connectivity index (χ2v) is 6.86. The van der Waals surface area contributed by atoms with Gasteiger partial charge in [-0.25, -0.2) is 0 Å². The average Bonchev–Trinajstić information content (AvgIpc) is 3.04.